The van der Waals surface area contributed by atoms with E-state index < -0.39 is 5.54 Å². The maximum Gasteiger partial charge on any atom is 0.248 e. The second-order valence-corrected chi connectivity index (χ2v) is 5.81. The topological polar surface area (TPSA) is 49.4 Å². The average molecular weight is 268 g/mol. The Kier molecular flexibility index (Phi) is 5.39. The van der Waals surface area contributed by atoms with Crippen molar-refractivity contribution in [3.8, 4) is 0 Å². The largest absolute Gasteiger partial charge is 0.340 e. The molecule has 0 aromatic carbocycles. The van der Waals surface area contributed by atoms with E-state index in [1.54, 1.807) is 4.90 Å². The van der Waals surface area contributed by atoms with Crippen molar-refractivity contribution in [3.05, 3.63) is 0 Å². The maximum absolute atomic E-state index is 12.7. The summed E-state index contributed by atoms with van der Waals surface area (Å²) in [6.07, 6.45) is 3.50. The Morgan fingerprint density at radius 2 is 1.84 bits per heavy atom. The monoisotopic (exact) mass is 268 g/mol. The lowest BCUT2D eigenvalue weighted by Crippen LogP contribution is -2.69. The Bertz CT molecular complexity index is 337. The molecule has 0 spiro atoms. The zero-order valence-electron chi connectivity index (χ0n) is 13.0. The van der Waals surface area contributed by atoms with Crippen molar-refractivity contribution in [3.63, 3.8) is 0 Å². The minimum Gasteiger partial charge on any atom is -0.340 e. The van der Waals surface area contributed by atoms with Gasteiger partial charge < -0.3 is 10.2 Å². The number of amides is 2. The highest BCUT2D eigenvalue weighted by Gasteiger charge is 2.47. The van der Waals surface area contributed by atoms with Gasteiger partial charge >= 0.3 is 0 Å². The van der Waals surface area contributed by atoms with Gasteiger partial charge in [0.1, 0.15) is 11.6 Å². The molecule has 1 rings (SSSR count). The van der Waals surface area contributed by atoms with Crippen LogP contribution in [0.2, 0.25) is 0 Å². The van der Waals surface area contributed by atoms with Gasteiger partial charge in [0.2, 0.25) is 11.8 Å². The Labute approximate surface area is 116 Å². The molecule has 1 aliphatic heterocycles. The quantitative estimate of drug-likeness (QED) is 0.803. The van der Waals surface area contributed by atoms with Crippen LogP contribution in [0.3, 0.4) is 0 Å². The Balaban J connectivity index is 2.93. The van der Waals surface area contributed by atoms with Gasteiger partial charge in [-0.15, -0.1) is 0 Å². The summed E-state index contributed by atoms with van der Waals surface area (Å²) >= 11 is 0. The van der Waals surface area contributed by atoms with Gasteiger partial charge in [-0.3, -0.25) is 9.59 Å². The SMILES string of the molecule is CCCC(C)CN1C(=O)C(CC)(CC)NC(=O)C1C. The van der Waals surface area contributed by atoms with Crippen LogP contribution in [0.15, 0.2) is 0 Å². The molecule has 4 nitrogen and oxygen atoms in total. The molecule has 1 fully saturated rings. The second kappa shape index (κ2) is 6.40. The van der Waals surface area contributed by atoms with Crippen molar-refractivity contribution >= 4 is 11.8 Å². The van der Waals surface area contributed by atoms with E-state index in [1.165, 1.54) is 0 Å². The fraction of sp³-hybridized carbons (Fsp3) is 0.867. The molecule has 1 saturated heterocycles. The van der Waals surface area contributed by atoms with Crippen LogP contribution < -0.4 is 5.32 Å². The molecule has 110 valence electrons. The Morgan fingerprint density at radius 1 is 1.26 bits per heavy atom. The summed E-state index contributed by atoms with van der Waals surface area (Å²) in [4.78, 5) is 26.6. The zero-order valence-corrected chi connectivity index (χ0v) is 13.0. The van der Waals surface area contributed by atoms with Crippen LogP contribution in [0.25, 0.3) is 0 Å². The molecule has 0 saturated carbocycles. The lowest BCUT2D eigenvalue weighted by Gasteiger charge is -2.45. The predicted molar refractivity (Wildman–Crippen MR) is 76.7 cm³/mol. The molecular weight excluding hydrogens is 240 g/mol. The molecular formula is C15H28N2O2. The molecule has 0 radical (unpaired) electrons. The van der Waals surface area contributed by atoms with E-state index in [4.69, 9.17) is 0 Å². The van der Waals surface area contributed by atoms with Crippen LogP contribution in [0.5, 0.6) is 0 Å². The van der Waals surface area contributed by atoms with Crippen molar-refractivity contribution in [1.29, 1.82) is 0 Å². The van der Waals surface area contributed by atoms with Gasteiger partial charge in [-0.2, -0.15) is 0 Å². The first-order valence-corrected chi connectivity index (χ1v) is 7.54. The van der Waals surface area contributed by atoms with E-state index in [2.05, 4.69) is 19.2 Å². The summed E-state index contributed by atoms with van der Waals surface area (Å²) in [6.45, 7) is 10.7. The van der Waals surface area contributed by atoms with Gasteiger partial charge in [0.25, 0.3) is 0 Å². The van der Waals surface area contributed by atoms with Gasteiger partial charge in [0.15, 0.2) is 0 Å². The van der Waals surface area contributed by atoms with Crippen molar-refractivity contribution in [1.82, 2.24) is 10.2 Å². The molecule has 1 N–H and O–H groups in total. The summed E-state index contributed by atoms with van der Waals surface area (Å²) < 4.78 is 0. The number of hydrogen-bond acceptors (Lipinski definition) is 2. The summed E-state index contributed by atoms with van der Waals surface area (Å²) in [7, 11) is 0. The number of hydrogen-bond donors (Lipinski definition) is 1. The highest BCUT2D eigenvalue weighted by molar-refractivity contribution is 5.99. The summed E-state index contributed by atoms with van der Waals surface area (Å²) in [6, 6.07) is -0.349. The second-order valence-electron chi connectivity index (χ2n) is 5.81. The normalized spacial score (nSPS) is 24.3. The lowest BCUT2D eigenvalue weighted by molar-refractivity contribution is -0.155. The molecule has 1 aliphatic rings. The molecule has 0 aliphatic carbocycles. The first-order valence-electron chi connectivity index (χ1n) is 7.54. The average Bonchev–Trinajstić information content (AvgIpc) is 2.39. The lowest BCUT2D eigenvalue weighted by atomic mass is 9.86. The van der Waals surface area contributed by atoms with Gasteiger partial charge in [0.05, 0.1) is 0 Å². The minimum atomic E-state index is -0.685. The van der Waals surface area contributed by atoms with Crippen LogP contribution in [-0.4, -0.2) is 34.8 Å². The fourth-order valence-electron chi connectivity index (χ4n) is 2.88. The van der Waals surface area contributed by atoms with Gasteiger partial charge in [-0.25, -0.2) is 0 Å². The number of rotatable bonds is 6. The third-order valence-corrected chi connectivity index (χ3v) is 4.38. The Hall–Kier alpha value is -1.06. The Morgan fingerprint density at radius 3 is 2.32 bits per heavy atom. The zero-order chi connectivity index (χ0) is 14.6. The van der Waals surface area contributed by atoms with E-state index in [9.17, 15) is 9.59 Å². The standard InChI is InChI=1S/C15H28N2O2/c1-6-9-11(4)10-17-12(5)13(18)16-15(7-2,8-3)14(17)19/h11-12H,6-10H2,1-5H3,(H,16,18). The molecule has 2 unspecified atom stereocenters. The predicted octanol–water partition coefficient (Wildman–Crippen LogP) is 2.33. The first kappa shape index (κ1) is 16.0. The molecule has 2 atom stereocenters. The third kappa shape index (κ3) is 3.10. The van der Waals surface area contributed by atoms with Gasteiger partial charge in [-0.05, 0) is 32.1 Å². The number of carbonyl (C=O) groups is 2. The molecule has 0 aromatic rings. The number of carbonyl (C=O) groups excluding carboxylic acids is 2. The van der Waals surface area contributed by atoms with Crippen molar-refractivity contribution < 1.29 is 9.59 Å². The van der Waals surface area contributed by atoms with E-state index in [1.807, 2.05) is 20.8 Å². The van der Waals surface area contributed by atoms with Crippen molar-refractivity contribution in [2.45, 2.75) is 71.9 Å². The van der Waals surface area contributed by atoms with Crippen LogP contribution in [0.1, 0.15) is 60.3 Å². The van der Waals surface area contributed by atoms with Gasteiger partial charge in [0, 0.05) is 6.54 Å². The maximum atomic E-state index is 12.7. The van der Waals surface area contributed by atoms with E-state index in [0.717, 1.165) is 12.8 Å². The summed E-state index contributed by atoms with van der Waals surface area (Å²) in [5.74, 6) is 0.508. The van der Waals surface area contributed by atoms with Crippen LogP contribution >= 0.6 is 0 Å². The third-order valence-electron chi connectivity index (χ3n) is 4.38. The van der Waals surface area contributed by atoms with E-state index >= 15 is 0 Å². The smallest absolute Gasteiger partial charge is 0.248 e. The minimum absolute atomic E-state index is 0.0213. The number of nitrogens with zero attached hydrogens (tertiary/aromatic N) is 1. The summed E-state index contributed by atoms with van der Waals surface area (Å²) in [5, 5.41) is 2.93. The highest BCUT2D eigenvalue weighted by atomic mass is 16.2. The molecule has 0 bridgehead atoms. The first-order chi connectivity index (χ1) is 8.91. The summed E-state index contributed by atoms with van der Waals surface area (Å²) in [5.41, 5.74) is -0.685. The molecule has 2 amide bonds. The molecule has 0 aromatic heterocycles. The van der Waals surface area contributed by atoms with E-state index in [-0.39, 0.29) is 17.9 Å². The molecule has 4 heteroatoms. The van der Waals surface area contributed by atoms with Crippen LogP contribution in [-0.2, 0) is 9.59 Å². The molecule has 1 heterocycles. The van der Waals surface area contributed by atoms with Gasteiger partial charge in [-0.1, -0.05) is 34.1 Å². The van der Waals surface area contributed by atoms with E-state index in [0.29, 0.717) is 25.3 Å². The highest BCUT2D eigenvalue weighted by Crippen LogP contribution is 2.26. The fourth-order valence-corrected chi connectivity index (χ4v) is 2.88. The van der Waals surface area contributed by atoms with Crippen molar-refractivity contribution in [2.75, 3.05) is 6.54 Å². The van der Waals surface area contributed by atoms with Crippen LogP contribution in [0.4, 0.5) is 0 Å². The number of nitrogens with one attached hydrogen (secondary N) is 1. The number of piperazine rings is 1. The van der Waals surface area contributed by atoms with Crippen LogP contribution in [0, 0.1) is 5.92 Å². The molecule has 19 heavy (non-hydrogen) atoms. The van der Waals surface area contributed by atoms with Crippen molar-refractivity contribution in [2.24, 2.45) is 5.92 Å².